The second-order valence-electron chi connectivity index (χ2n) is 3.50. The van der Waals surface area contributed by atoms with Gasteiger partial charge in [0, 0.05) is 10.9 Å². The van der Waals surface area contributed by atoms with Crippen molar-refractivity contribution in [3.05, 3.63) is 42.4 Å². The first kappa shape index (κ1) is 8.91. The summed E-state index contributed by atoms with van der Waals surface area (Å²) in [7, 11) is 0. The standard InChI is InChI=1S/C12H7NO3/c14-12(15)7-1-2-8-9-3-4-16-6-11(9)13-10(8)5-7/h1-6H,(H,14,15). The third-order valence-electron chi connectivity index (χ3n) is 2.54. The van der Waals surface area contributed by atoms with Crippen LogP contribution in [-0.4, -0.2) is 16.1 Å². The summed E-state index contributed by atoms with van der Waals surface area (Å²) < 4.78 is 5.02. The monoisotopic (exact) mass is 213 g/mol. The van der Waals surface area contributed by atoms with Crippen LogP contribution < -0.4 is 0 Å². The predicted molar refractivity (Wildman–Crippen MR) is 57.6 cm³/mol. The number of aromatic nitrogens is 1. The summed E-state index contributed by atoms with van der Waals surface area (Å²) in [4.78, 5) is 15.1. The molecule has 0 saturated heterocycles. The van der Waals surface area contributed by atoms with E-state index in [0.717, 1.165) is 16.6 Å². The Morgan fingerprint density at radius 2 is 2.19 bits per heavy atom. The van der Waals surface area contributed by atoms with E-state index in [0.29, 0.717) is 5.52 Å². The number of carbonyl (C=O) groups is 1. The summed E-state index contributed by atoms with van der Waals surface area (Å²) in [5, 5.41) is 9.81. The van der Waals surface area contributed by atoms with E-state index in [4.69, 9.17) is 9.52 Å². The van der Waals surface area contributed by atoms with Gasteiger partial charge in [-0.25, -0.2) is 9.78 Å². The molecule has 4 nitrogen and oxygen atoms in total. The summed E-state index contributed by atoms with van der Waals surface area (Å²) >= 11 is 0. The average Bonchev–Trinajstić information content (AvgIpc) is 2.66. The highest BCUT2D eigenvalue weighted by Crippen LogP contribution is 2.30. The van der Waals surface area contributed by atoms with Crippen LogP contribution in [0.5, 0.6) is 0 Å². The number of hydrogen-bond acceptors (Lipinski definition) is 3. The van der Waals surface area contributed by atoms with Crippen molar-refractivity contribution in [3.8, 4) is 11.3 Å². The smallest absolute Gasteiger partial charge is 0.335 e. The lowest BCUT2D eigenvalue weighted by Crippen LogP contribution is -1.94. The lowest BCUT2D eigenvalue weighted by atomic mass is 10.1. The Balaban J connectivity index is 2.37. The van der Waals surface area contributed by atoms with Crippen molar-refractivity contribution in [2.24, 2.45) is 0 Å². The maximum absolute atomic E-state index is 10.8. The van der Waals surface area contributed by atoms with E-state index in [1.165, 1.54) is 0 Å². The van der Waals surface area contributed by atoms with Crippen molar-refractivity contribution < 1.29 is 14.3 Å². The molecule has 0 fully saturated rings. The molecule has 1 N–H and O–H groups in total. The molecule has 1 aromatic rings. The van der Waals surface area contributed by atoms with Gasteiger partial charge < -0.3 is 9.52 Å². The van der Waals surface area contributed by atoms with Crippen LogP contribution in [-0.2, 0) is 0 Å². The number of rotatable bonds is 1. The largest absolute Gasteiger partial charge is 0.478 e. The Bertz CT molecular complexity index is 656. The molecule has 0 atom stereocenters. The van der Waals surface area contributed by atoms with E-state index in [9.17, 15) is 4.79 Å². The summed E-state index contributed by atoms with van der Waals surface area (Å²) in [5.74, 6) is -0.946. The van der Waals surface area contributed by atoms with E-state index < -0.39 is 5.97 Å². The average molecular weight is 213 g/mol. The second-order valence-corrected chi connectivity index (χ2v) is 3.50. The van der Waals surface area contributed by atoms with Crippen LogP contribution in [0.1, 0.15) is 10.4 Å². The highest BCUT2D eigenvalue weighted by Gasteiger charge is 2.13. The summed E-state index contributed by atoms with van der Waals surface area (Å²) in [6, 6.07) is 6.74. The molecular formula is C12H7NO3. The van der Waals surface area contributed by atoms with Gasteiger partial charge in [-0.15, -0.1) is 0 Å². The Kier molecular flexibility index (Phi) is 1.71. The molecule has 0 aromatic heterocycles. The first-order valence-corrected chi connectivity index (χ1v) is 4.75. The molecule has 0 saturated carbocycles. The van der Waals surface area contributed by atoms with Crippen molar-refractivity contribution in [3.63, 3.8) is 0 Å². The van der Waals surface area contributed by atoms with Gasteiger partial charge >= 0.3 is 5.97 Å². The molecule has 2 aliphatic rings. The first-order valence-electron chi connectivity index (χ1n) is 4.75. The molecule has 0 bridgehead atoms. The number of benzene rings is 1. The van der Waals surface area contributed by atoms with Crippen LogP contribution in [0.3, 0.4) is 0 Å². The lowest BCUT2D eigenvalue weighted by molar-refractivity contribution is 0.0697. The van der Waals surface area contributed by atoms with E-state index >= 15 is 0 Å². The number of carboxylic acid groups (broad SMARTS) is 1. The summed E-state index contributed by atoms with van der Waals surface area (Å²) in [5.41, 5.74) is 2.63. The Hall–Kier alpha value is -2.36. The van der Waals surface area contributed by atoms with Crippen molar-refractivity contribution in [2.75, 3.05) is 0 Å². The Morgan fingerprint density at radius 1 is 1.31 bits per heavy atom. The normalized spacial score (nSPS) is 11.0. The van der Waals surface area contributed by atoms with Crippen LogP contribution >= 0.6 is 0 Å². The van der Waals surface area contributed by atoms with E-state index in [2.05, 4.69) is 4.98 Å². The molecular weight excluding hydrogens is 206 g/mol. The van der Waals surface area contributed by atoms with Crippen molar-refractivity contribution in [1.82, 2.24) is 4.98 Å². The number of aromatic carboxylic acids is 1. The minimum absolute atomic E-state index is 0.243. The third-order valence-corrected chi connectivity index (χ3v) is 2.54. The molecule has 2 heterocycles. The maximum Gasteiger partial charge on any atom is 0.335 e. The Morgan fingerprint density at radius 3 is 3.00 bits per heavy atom. The van der Waals surface area contributed by atoms with Crippen LogP contribution in [0.25, 0.3) is 22.2 Å². The fourth-order valence-electron chi connectivity index (χ4n) is 1.79. The van der Waals surface area contributed by atoms with Crippen molar-refractivity contribution in [2.45, 2.75) is 0 Å². The quantitative estimate of drug-likeness (QED) is 0.674. The van der Waals surface area contributed by atoms with Crippen molar-refractivity contribution >= 4 is 16.9 Å². The molecule has 0 radical (unpaired) electrons. The fraction of sp³-hybridized carbons (Fsp3) is 0. The first-order chi connectivity index (χ1) is 7.75. The van der Waals surface area contributed by atoms with Gasteiger partial charge in [0.15, 0.2) is 0 Å². The topological polar surface area (TPSA) is 63.3 Å². The van der Waals surface area contributed by atoms with Crippen molar-refractivity contribution in [1.29, 1.82) is 0 Å². The number of fused-ring (bicyclic) bond motifs is 3. The second kappa shape index (κ2) is 3.06. The van der Waals surface area contributed by atoms with E-state index in [1.807, 2.05) is 6.07 Å². The molecule has 0 amide bonds. The molecule has 2 aliphatic heterocycles. The van der Waals surface area contributed by atoms with E-state index in [-0.39, 0.29) is 5.56 Å². The van der Waals surface area contributed by atoms with Crippen LogP contribution in [0.2, 0.25) is 0 Å². The summed E-state index contributed by atoms with van der Waals surface area (Å²) in [6.07, 6.45) is 3.13. The van der Waals surface area contributed by atoms with Gasteiger partial charge in [0.05, 0.1) is 17.3 Å². The summed E-state index contributed by atoms with van der Waals surface area (Å²) in [6.45, 7) is 0. The highest BCUT2D eigenvalue weighted by atomic mass is 16.4. The molecule has 3 rings (SSSR count). The van der Waals surface area contributed by atoms with Gasteiger partial charge in [-0.3, -0.25) is 0 Å². The maximum atomic E-state index is 10.8. The molecule has 78 valence electrons. The highest BCUT2D eigenvalue weighted by molar-refractivity contribution is 6.00. The molecule has 0 aliphatic carbocycles. The Labute approximate surface area is 90.5 Å². The molecule has 0 spiro atoms. The SMILES string of the molecule is O=C(O)c1ccc2c3ccocc-3nc2c1. The number of carboxylic acids is 1. The number of hydrogen-bond donors (Lipinski definition) is 1. The molecule has 4 heteroatoms. The minimum atomic E-state index is -0.946. The third kappa shape index (κ3) is 1.16. The van der Waals surface area contributed by atoms with Gasteiger partial charge in [0.2, 0.25) is 0 Å². The van der Waals surface area contributed by atoms with Gasteiger partial charge in [-0.05, 0) is 18.2 Å². The van der Waals surface area contributed by atoms with E-state index in [1.54, 1.807) is 30.7 Å². The fourth-order valence-corrected chi connectivity index (χ4v) is 1.79. The zero-order chi connectivity index (χ0) is 11.1. The van der Waals surface area contributed by atoms with Gasteiger partial charge in [-0.1, -0.05) is 6.07 Å². The van der Waals surface area contributed by atoms with Crippen LogP contribution in [0.4, 0.5) is 0 Å². The molecule has 16 heavy (non-hydrogen) atoms. The number of nitrogens with zero attached hydrogens (tertiary/aromatic N) is 1. The zero-order valence-electron chi connectivity index (χ0n) is 8.18. The van der Waals surface area contributed by atoms with Gasteiger partial charge in [-0.2, -0.15) is 0 Å². The molecule has 1 aromatic carbocycles. The van der Waals surface area contributed by atoms with Crippen LogP contribution in [0.15, 0.2) is 41.2 Å². The van der Waals surface area contributed by atoms with Gasteiger partial charge in [0.1, 0.15) is 12.0 Å². The lowest BCUT2D eigenvalue weighted by Gasteiger charge is -1.95. The van der Waals surface area contributed by atoms with Crippen LogP contribution in [0, 0.1) is 0 Å². The molecule has 0 unspecified atom stereocenters. The predicted octanol–water partition coefficient (Wildman–Crippen LogP) is 2.63. The zero-order valence-corrected chi connectivity index (χ0v) is 8.18. The van der Waals surface area contributed by atoms with Gasteiger partial charge in [0.25, 0.3) is 0 Å². The minimum Gasteiger partial charge on any atom is -0.478 e.